The van der Waals surface area contributed by atoms with Gasteiger partial charge in [-0.25, -0.2) is 4.98 Å². The highest BCUT2D eigenvalue weighted by Gasteiger charge is 2.06. The van der Waals surface area contributed by atoms with E-state index in [2.05, 4.69) is 56.3 Å². The number of imidazole rings is 1. The highest BCUT2D eigenvalue weighted by atomic mass is 79.9. The SMILES string of the molecule is CCNCc1ccc(Sc2nc3ccccc3[nH]2)cc1Br. The monoisotopic (exact) mass is 361 g/mol. The molecule has 0 amide bonds. The molecule has 5 heteroatoms. The van der Waals surface area contributed by atoms with E-state index in [4.69, 9.17) is 0 Å². The van der Waals surface area contributed by atoms with Crippen LogP contribution >= 0.6 is 27.7 Å². The Morgan fingerprint density at radius 3 is 2.86 bits per heavy atom. The highest BCUT2D eigenvalue weighted by Crippen LogP contribution is 2.30. The molecule has 0 aliphatic heterocycles. The van der Waals surface area contributed by atoms with E-state index in [0.717, 1.165) is 33.8 Å². The normalized spacial score (nSPS) is 11.1. The Morgan fingerprint density at radius 1 is 1.24 bits per heavy atom. The van der Waals surface area contributed by atoms with Crippen molar-refractivity contribution in [2.24, 2.45) is 0 Å². The third-order valence-corrected chi connectivity index (χ3v) is 4.79. The van der Waals surface area contributed by atoms with Crippen LogP contribution in [0.25, 0.3) is 11.0 Å². The first kappa shape index (κ1) is 14.6. The average Bonchev–Trinajstić information content (AvgIpc) is 2.88. The van der Waals surface area contributed by atoms with E-state index in [1.807, 2.05) is 24.3 Å². The zero-order valence-corrected chi connectivity index (χ0v) is 14.1. The maximum absolute atomic E-state index is 4.59. The van der Waals surface area contributed by atoms with Gasteiger partial charge in [-0.1, -0.05) is 52.8 Å². The topological polar surface area (TPSA) is 40.7 Å². The van der Waals surface area contributed by atoms with Gasteiger partial charge in [0.25, 0.3) is 0 Å². The Labute approximate surface area is 136 Å². The van der Waals surface area contributed by atoms with Gasteiger partial charge >= 0.3 is 0 Å². The summed E-state index contributed by atoms with van der Waals surface area (Å²) in [5, 5.41) is 4.26. The Morgan fingerprint density at radius 2 is 2.10 bits per heavy atom. The van der Waals surface area contributed by atoms with Crippen LogP contribution in [-0.2, 0) is 6.54 Å². The van der Waals surface area contributed by atoms with Crippen molar-refractivity contribution >= 4 is 38.7 Å². The zero-order chi connectivity index (χ0) is 14.7. The summed E-state index contributed by atoms with van der Waals surface area (Å²) in [7, 11) is 0. The predicted molar refractivity (Wildman–Crippen MR) is 91.7 cm³/mol. The second kappa shape index (κ2) is 6.64. The first-order chi connectivity index (χ1) is 10.3. The molecule has 3 rings (SSSR count). The summed E-state index contributed by atoms with van der Waals surface area (Å²) in [6.07, 6.45) is 0. The summed E-state index contributed by atoms with van der Waals surface area (Å²) in [5.41, 5.74) is 3.34. The lowest BCUT2D eigenvalue weighted by Crippen LogP contribution is -2.11. The fraction of sp³-hybridized carbons (Fsp3) is 0.188. The fourth-order valence-corrected chi connectivity index (χ4v) is 3.60. The van der Waals surface area contributed by atoms with E-state index in [-0.39, 0.29) is 0 Å². The molecule has 1 aromatic heterocycles. The number of para-hydroxylation sites is 2. The van der Waals surface area contributed by atoms with Crippen LogP contribution in [0.2, 0.25) is 0 Å². The quantitative estimate of drug-likeness (QED) is 0.698. The molecule has 3 nitrogen and oxygen atoms in total. The molecule has 0 saturated carbocycles. The number of hydrogen-bond donors (Lipinski definition) is 2. The van der Waals surface area contributed by atoms with Crippen LogP contribution in [0.5, 0.6) is 0 Å². The number of aromatic nitrogens is 2. The van der Waals surface area contributed by atoms with Crippen LogP contribution in [0.15, 0.2) is 57.0 Å². The molecule has 21 heavy (non-hydrogen) atoms. The van der Waals surface area contributed by atoms with Gasteiger partial charge in [-0.3, -0.25) is 0 Å². The molecule has 2 aromatic carbocycles. The number of aromatic amines is 1. The number of nitrogens with one attached hydrogen (secondary N) is 2. The average molecular weight is 362 g/mol. The smallest absolute Gasteiger partial charge is 0.171 e. The van der Waals surface area contributed by atoms with Crippen molar-refractivity contribution in [1.82, 2.24) is 15.3 Å². The van der Waals surface area contributed by atoms with Crippen molar-refractivity contribution in [2.45, 2.75) is 23.5 Å². The third-order valence-electron chi connectivity index (χ3n) is 3.17. The van der Waals surface area contributed by atoms with E-state index in [9.17, 15) is 0 Å². The summed E-state index contributed by atoms with van der Waals surface area (Å²) in [6.45, 7) is 3.97. The molecular formula is C16H16BrN3S. The molecule has 0 bridgehead atoms. The maximum Gasteiger partial charge on any atom is 0.171 e. The molecule has 0 saturated heterocycles. The first-order valence-electron chi connectivity index (χ1n) is 6.88. The minimum absolute atomic E-state index is 0.882. The largest absolute Gasteiger partial charge is 0.333 e. The number of rotatable bonds is 5. The fourth-order valence-electron chi connectivity index (χ4n) is 2.08. The Hall–Kier alpha value is -1.30. The second-order valence-electron chi connectivity index (χ2n) is 4.69. The van der Waals surface area contributed by atoms with Gasteiger partial charge < -0.3 is 10.3 Å². The molecule has 0 spiro atoms. The molecule has 108 valence electrons. The van der Waals surface area contributed by atoms with Crippen LogP contribution in [0.3, 0.4) is 0 Å². The lowest BCUT2D eigenvalue weighted by molar-refractivity contribution is 0.724. The first-order valence-corrected chi connectivity index (χ1v) is 8.49. The molecule has 0 aliphatic carbocycles. The van der Waals surface area contributed by atoms with Gasteiger partial charge in [0.15, 0.2) is 5.16 Å². The minimum Gasteiger partial charge on any atom is -0.333 e. The second-order valence-corrected chi connectivity index (χ2v) is 6.61. The molecule has 0 radical (unpaired) electrons. The molecule has 0 unspecified atom stereocenters. The molecule has 0 aliphatic rings. The molecule has 1 heterocycles. The van der Waals surface area contributed by atoms with Gasteiger partial charge in [0.2, 0.25) is 0 Å². The van der Waals surface area contributed by atoms with E-state index in [0.29, 0.717) is 0 Å². The lowest BCUT2D eigenvalue weighted by Gasteiger charge is -2.06. The summed E-state index contributed by atoms with van der Waals surface area (Å²) in [6, 6.07) is 14.5. The number of hydrogen-bond acceptors (Lipinski definition) is 3. The van der Waals surface area contributed by atoms with Gasteiger partial charge in [0.1, 0.15) is 0 Å². The number of H-pyrrole nitrogens is 1. The molecule has 2 N–H and O–H groups in total. The number of benzene rings is 2. The van der Waals surface area contributed by atoms with Gasteiger partial charge in [0, 0.05) is 15.9 Å². The molecular weight excluding hydrogens is 346 g/mol. The Bertz CT molecular complexity index is 721. The molecule has 0 atom stereocenters. The Kier molecular flexibility index (Phi) is 4.63. The van der Waals surface area contributed by atoms with Crippen LogP contribution in [0, 0.1) is 0 Å². The van der Waals surface area contributed by atoms with Gasteiger partial charge in [-0.2, -0.15) is 0 Å². The minimum atomic E-state index is 0.882. The summed E-state index contributed by atoms with van der Waals surface area (Å²) in [5.74, 6) is 0. The summed E-state index contributed by atoms with van der Waals surface area (Å²) in [4.78, 5) is 9.09. The van der Waals surface area contributed by atoms with Gasteiger partial charge in [0.05, 0.1) is 11.0 Å². The van der Waals surface area contributed by atoms with Crippen LogP contribution in [-0.4, -0.2) is 16.5 Å². The van der Waals surface area contributed by atoms with Crippen LogP contribution < -0.4 is 5.32 Å². The van der Waals surface area contributed by atoms with E-state index >= 15 is 0 Å². The van der Waals surface area contributed by atoms with Crippen molar-refractivity contribution in [3.8, 4) is 0 Å². The van der Waals surface area contributed by atoms with E-state index in [1.165, 1.54) is 10.5 Å². The zero-order valence-electron chi connectivity index (χ0n) is 11.7. The van der Waals surface area contributed by atoms with Crippen molar-refractivity contribution in [2.75, 3.05) is 6.54 Å². The van der Waals surface area contributed by atoms with Gasteiger partial charge in [-0.05, 0) is 36.4 Å². The summed E-state index contributed by atoms with van der Waals surface area (Å²) >= 11 is 5.28. The lowest BCUT2D eigenvalue weighted by atomic mass is 10.2. The van der Waals surface area contributed by atoms with Crippen LogP contribution in [0.4, 0.5) is 0 Å². The standard InChI is InChI=1S/C16H16BrN3S/c1-2-18-10-11-7-8-12(9-13(11)17)21-16-19-14-5-3-4-6-15(14)20-16/h3-9,18H,2,10H2,1H3,(H,19,20). The number of fused-ring (bicyclic) bond motifs is 1. The van der Waals surface area contributed by atoms with Crippen molar-refractivity contribution in [1.29, 1.82) is 0 Å². The van der Waals surface area contributed by atoms with Gasteiger partial charge in [-0.15, -0.1) is 0 Å². The predicted octanol–water partition coefficient (Wildman–Crippen LogP) is 4.59. The summed E-state index contributed by atoms with van der Waals surface area (Å²) < 4.78 is 1.13. The Balaban J connectivity index is 1.79. The van der Waals surface area contributed by atoms with Crippen molar-refractivity contribution in [3.63, 3.8) is 0 Å². The van der Waals surface area contributed by atoms with Crippen LogP contribution in [0.1, 0.15) is 12.5 Å². The molecule has 3 aromatic rings. The highest BCUT2D eigenvalue weighted by molar-refractivity contribution is 9.10. The van der Waals surface area contributed by atoms with Crippen molar-refractivity contribution < 1.29 is 0 Å². The third kappa shape index (κ3) is 3.48. The van der Waals surface area contributed by atoms with Crippen molar-refractivity contribution in [3.05, 3.63) is 52.5 Å². The number of nitrogens with zero attached hydrogens (tertiary/aromatic N) is 1. The van der Waals surface area contributed by atoms with E-state index < -0.39 is 0 Å². The van der Waals surface area contributed by atoms with E-state index in [1.54, 1.807) is 11.8 Å². The number of halogens is 1. The molecule has 0 fully saturated rings. The maximum atomic E-state index is 4.59.